The largest absolute Gasteiger partial charge is 0.493 e. The fourth-order valence-electron chi connectivity index (χ4n) is 1.83. The van der Waals surface area contributed by atoms with Crippen molar-refractivity contribution in [3.05, 3.63) is 27.7 Å². The van der Waals surface area contributed by atoms with E-state index >= 15 is 0 Å². The van der Waals surface area contributed by atoms with Gasteiger partial charge in [0.25, 0.3) is 0 Å². The smallest absolute Gasteiger partial charge is 0.455 e. The van der Waals surface area contributed by atoms with E-state index in [4.69, 9.17) is 16.3 Å². The number of ether oxygens (including phenoxy) is 1. The van der Waals surface area contributed by atoms with Crippen LogP contribution in [0.5, 0.6) is 5.75 Å². The molecule has 1 nitrogen and oxygen atoms in total. The van der Waals surface area contributed by atoms with Gasteiger partial charge in [-0.1, -0.05) is 15.9 Å². The average Bonchev–Trinajstić information content (AvgIpc) is 2.72. The zero-order chi connectivity index (χ0) is 14.4. The first kappa shape index (κ1) is 14.8. The molecular formula is C11H7BrClF5O. The molecule has 0 fully saturated rings. The van der Waals surface area contributed by atoms with Crippen molar-refractivity contribution in [1.29, 1.82) is 0 Å². The van der Waals surface area contributed by atoms with Gasteiger partial charge < -0.3 is 4.74 Å². The van der Waals surface area contributed by atoms with E-state index in [1.165, 1.54) is 0 Å². The van der Waals surface area contributed by atoms with E-state index in [-0.39, 0.29) is 17.9 Å². The van der Waals surface area contributed by atoms with Crippen molar-refractivity contribution >= 4 is 27.5 Å². The maximum Gasteiger partial charge on any atom is 0.455 e. The lowest BCUT2D eigenvalue weighted by Gasteiger charge is -2.25. The second-order valence-electron chi connectivity index (χ2n) is 4.07. The molecule has 106 valence electrons. The number of hydrogen-bond donors (Lipinski definition) is 0. The van der Waals surface area contributed by atoms with E-state index in [2.05, 4.69) is 15.9 Å². The van der Waals surface area contributed by atoms with Crippen molar-refractivity contribution in [3.8, 4) is 5.75 Å². The molecular weight excluding hydrogens is 358 g/mol. The number of hydrogen-bond acceptors (Lipinski definition) is 1. The summed E-state index contributed by atoms with van der Waals surface area (Å²) in [7, 11) is 0. The molecule has 0 spiro atoms. The standard InChI is InChI=1S/C11H7BrClF5O/c12-6-3-5-1-2-19-8(5)7(4-6)9(13)10(14,15)11(16,17)18/h3-4,9H,1-2H2. The zero-order valence-corrected chi connectivity index (χ0v) is 11.5. The molecule has 0 saturated heterocycles. The van der Waals surface area contributed by atoms with Crippen LogP contribution in [0.15, 0.2) is 16.6 Å². The van der Waals surface area contributed by atoms with Gasteiger partial charge in [-0.2, -0.15) is 22.0 Å². The van der Waals surface area contributed by atoms with Gasteiger partial charge in [0.05, 0.1) is 6.61 Å². The molecule has 0 bridgehead atoms. The quantitative estimate of drug-likeness (QED) is 0.537. The third kappa shape index (κ3) is 2.54. The molecule has 1 aromatic rings. The molecule has 1 aliphatic rings. The molecule has 0 radical (unpaired) electrons. The van der Waals surface area contributed by atoms with E-state index in [1.807, 2.05) is 0 Å². The Hall–Kier alpha value is -0.560. The Balaban J connectivity index is 2.48. The van der Waals surface area contributed by atoms with Gasteiger partial charge in [-0.05, 0) is 17.7 Å². The number of halogens is 7. The Kier molecular flexibility index (Phi) is 3.72. The van der Waals surface area contributed by atoms with Crippen LogP contribution in [0.1, 0.15) is 16.5 Å². The molecule has 1 heterocycles. The van der Waals surface area contributed by atoms with Crippen LogP contribution in [0.4, 0.5) is 22.0 Å². The SMILES string of the molecule is FC(F)(F)C(F)(F)C(Cl)c1cc(Br)cc2c1OCC2. The molecule has 0 saturated carbocycles. The second kappa shape index (κ2) is 4.77. The van der Waals surface area contributed by atoms with Crippen molar-refractivity contribution < 1.29 is 26.7 Å². The van der Waals surface area contributed by atoms with E-state index in [0.717, 1.165) is 6.07 Å². The normalized spacial score (nSPS) is 17.0. The fourth-order valence-corrected chi connectivity index (χ4v) is 2.63. The minimum Gasteiger partial charge on any atom is -0.493 e. The van der Waals surface area contributed by atoms with Crippen LogP contribution in [0.3, 0.4) is 0 Å². The van der Waals surface area contributed by atoms with Gasteiger partial charge in [-0.15, -0.1) is 11.6 Å². The molecule has 2 rings (SSSR count). The first-order valence-corrected chi connectivity index (χ1v) is 6.41. The number of fused-ring (bicyclic) bond motifs is 1. The van der Waals surface area contributed by atoms with Crippen LogP contribution in [0, 0.1) is 0 Å². The Morgan fingerprint density at radius 1 is 1.21 bits per heavy atom. The first-order chi connectivity index (χ1) is 8.64. The van der Waals surface area contributed by atoms with E-state index in [9.17, 15) is 22.0 Å². The molecule has 0 amide bonds. The van der Waals surface area contributed by atoms with E-state index in [1.54, 1.807) is 6.07 Å². The van der Waals surface area contributed by atoms with Crippen molar-refractivity contribution in [2.75, 3.05) is 6.61 Å². The summed E-state index contributed by atoms with van der Waals surface area (Å²) in [6, 6.07) is 2.74. The summed E-state index contributed by atoms with van der Waals surface area (Å²) in [6.07, 6.45) is -5.27. The monoisotopic (exact) mass is 364 g/mol. The lowest BCUT2D eigenvalue weighted by molar-refractivity contribution is -0.283. The van der Waals surface area contributed by atoms with Gasteiger partial charge in [-0.25, -0.2) is 0 Å². The lowest BCUT2D eigenvalue weighted by Crippen LogP contribution is -2.40. The number of rotatable bonds is 2. The first-order valence-electron chi connectivity index (χ1n) is 5.18. The van der Waals surface area contributed by atoms with Crippen LogP contribution in [0.25, 0.3) is 0 Å². The predicted octanol–water partition coefficient (Wildman–Crippen LogP) is 4.86. The van der Waals surface area contributed by atoms with Crippen LogP contribution in [-0.4, -0.2) is 18.7 Å². The molecule has 1 atom stereocenters. The number of benzene rings is 1. The van der Waals surface area contributed by atoms with Crippen LogP contribution < -0.4 is 4.74 Å². The van der Waals surface area contributed by atoms with Gasteiger partial charge in [0.2, 0.25) is 0 Å². The molecule has 0 N–H and O–H groups in total. The third-order valence-electron chi connectivity index (χ3n) is 2.75. The molecule has 0 aromatic heterocycles. The third-order valence-corrected chi connectivity index (χ3v) is 3.71. The van der Waals surface area contributed by atoms with Crippen molar-refractivity contribution in [2.24, 2.45) is 0 Å². The Morgan fingerprint density at radius 2 is 1.84 bits per heavy atom. The highest BCUT2D eigenvalue weighted by molar-refractivity contribution is 9.10. The Bertz CT molecular complexity index is 503. The maximum atomic E-state index is 13.3. The van der Waals surface area contributed by atoms with E-state index < -0.39 is 17.5 Å². The zero-order valence-electron chi connectivity index (χ0n) is 9.20. The minimum absolute atomic E-state index is 0.0205. The van der Waals surface area contributed by atoms with Crippen molar-refractivity contribution in [3.63, 3.8) is 0 Å². The van der Waals surface area contributed by atoms with Gasteiger partial charge >= 0.3 is 12.1 Å². The molecule has 8 heteroatoms. The van der Waals surface area contributed by atoms with Gasteiger partial charge in [-0.3, -0.25) is 0 Å². The highest BCUT2D eigenvalue weighted by atomic mass is 79.9. The van der Waals surface area contributed by atoms with Gasteiger partial charge in [0, 0.05) is 16.5 Å². The lowest BCUT2D eigenvalue weighted by atomic mass is 10.0. The second-order valence-corrected chi connectivity index (χ2v) is 5.42. The topological polar surface area (TPSA) is 9.23 Å². The highest BCUT2D eigenvalue weighted by Gasteiger charge is 2.63. The molecule has 0 aliphatic carbocycles. The highest BCUT2D eigenvalue weighted by Crippen LogP contribution is 2.51. The summed E-state index contributed by atoms with van der Waals surface area (Å²) in [6.45, 7) is 0.236. The summed E-state index contributed by atoms with van der Waals surface area (Å²) < 4.78 is 69.1. The predicted molar refractivity (Wildman–Crippen MR) is 62.9 cm³/mol. The van der Waals surface area contributed by atoms with Crippen LogP contribution >= 0.6 is 27.5 Å². The summed E-state index contributed by atoms with van der Waals surface area (Å²) in [5.74, 6) is -5.01. The summed E-state index contributed by atoms with van der Waals surface area (Å²) in [5.41, 5.74) is 0.207. The van der Waals surface area contributed by atoms with Crippen LogP contribution in [0.2, 0.25) is 0 Å². The average molecular weight is 366 g/mol. The molecule has 1 unspecified atom stereocenters. The summed E-state index contributed by atoms with van der Waals surface area (Å²) >= 11 is 8.43. The van der Waals surface area contributed by atoms with Gasteiger partial charge in [0.15, 0.2) is 0 Å². The molecule has 1 aromatic carbocycles. The number of alkyl halides is 6. The fraction of sp³-hybridized carbons (Fsp3) is 0.455. The van der Waals surface area contributed by atoms with Crippen molar-refractivity contribution in [1.82, 2.24) is 0 Å². The summed E-state index contributed by atoms with van der Waals surface area (Å²) in [4.78, 5) is 0. The molecule has 1 aliphatic heterocycles. The van der Waals surface area contributed by atoms with Crippen LogP contribution in [-0.2, 0) is 6.42 Å². The Morgan fingerprint density at radius 3 is 2.42 bits per heavy atom. The van der Waals surface area contributed by atoms with Crippen molar-refractivity contribution in [2.45, 2.75) is 23.9 Å². The summed E-state index contributed by atoms with van der Waals surface area (Å²) in [5, 5.41) is -2.53. The van der Waals surface area contributed by atoms with E-state index in [0.29, 0.717) is 16.5 Å². The molecule has 19 heavy (non-hydrogen) atoms. The maximum absolute atomic E-state index is 13.3. The minimum atomic E-state index is -5.72. The Labute approximate surface area is 118 Å². The van der Waals surface area contributed by atoms with Gasteiger partial charge in [0.1, 0.15) is 11.1 Å².